The van der Waals surface area contributed by atoms with Gasteiger partial charge in [0.25, 0.3) is 0 Å². The van der Waals surface area contributed by atoms with Crippen LogP contribution in [0.3, 0.4) is 0 Å². The van der Waals surface area contributed by atoms with Gasteiger partial charge in [0.15, 0.2) is 0 Å². The number of nitrogens with one attached hydrogen (secondary N) is 1. The second kappa shape index (κ2) is 8.70. The van der Waals surface area contributed by atoms with E-state index >= 15 is 0 Å². The van der Waals surface area contributed by atoms with E-state index < -0.39 is 9.84 Å². The van der Waals surface area contributed by atoms with Crippen LogP contribution in [-0.2, 0) is 9.84 Å². The Morgan fingerprint density at radius 2 is 2.10 bits per heavy atom. The lowest BCUT2D eigenvalue weighted by Crippen LogP contribution is -2.19. The minimum Gasteiger partial charge on any atom is -0.310 e. The molecule has 0 saturated carbocycles. The van der Waals surface area contributed by atoms with Crippen molar-refractivity contribution in [3.63, 3.8) is 0 Å². The van der Waals surface area contributed by atoms with E-state index in [1.807, 2.05) is 0 Å². The van der Waals surface area contributed by atoms with E-state index in [4.69, 9.17) is 0 Å². The maximum atomic E-state index is 11.1. The maximum Gasteiger partial charge on any atom is 0.147 e. The van der Waals surface area contributed by atoms with Crippen molar-refractivity contribution in [3.8, 4) is 0 Å². The van der Waals surface area contributed by atoms with E-state index in [9.17, 15) is 8.42 Å². The predicted molar refractivity (Wildman–Crippen MR) is 88.2 cm³/mol. The number of benzene rings is 1. The molecule has 0 fully saturated rings. The molecule has 1 unspecified atom stereocenters. The minimum absolute atomic E-state index is 0.272. The number of hydrogen-bond donors (Lipinski definition) is 1. The molecule has 1 aromatic rings. The van der Waals surface area contributed by atoms with Crippen LogP contribution >= 0.6 is 11.8 Å². The molecule has 0 radical (unpaired) electrons. The third kappa shape index (κ3) is 7.31. The third-order valence-corrected chi connectivity index (χ3v) is 5.10. The van der Waals surface area contributed by atoms with Gasteiger partial charge in [-0.3, -0.25) is 0 Å². The van der Waals surface area contributed by atoms with Gasteiger partial charge in [-0.15, -0.1) is 11.8 Å². The molecule has 0 aliphatic heterocycles. The summed E-state index contributed by atoms with van der Waals surface area (Å²) in [6.07, 6.45) is 3.13. The second-order valence-electron chi connectivity index (χ2n) is 5.08. The monoisotopic (exact) mass is 315 g/mol. The molecule has 114 valence electrons. The van der Waals surface area contributed by atoms with E-state index in [-0.39, 0.29) is 5.75 Å². The van der Waals surface area contributed by atoms with Gasteiger partial charge in [-0.05, 0) is 49.8 Å². The van der Waals surface area contributed by atoms with Gasteiger partial charge in [0.1, 0.15) is 9.84 Å². The Morgan fingerprint density at radius 1 is 1.35 bits per heavy atom. The molecule has 1 aromatic carbocycles. The van der Waals surface area contributed by atoms with Crippen LogP contribution in [-0.4, -0.2) is 32.7 Å². The Kier molecular flexibility index (Phi) is 7.62. The van der Waals surface area contributed by atoms with Crippen LogP contribution in [0, 0.1) is 0 Å². The number of thioether (sulfide) groups is 1. The molecular weight excluding hydrogens is 290 g/mol. The zero-order valence-corrected chi connectivity index (χ0v) is 14.2. The molecule has 0 aromatic heterocycles. The van der Waals surface area contributed by atoms with Crippen LogP contribution in [0.4, 0.5) is 0 Å². The highest BCUT2D eigenvalue weighted by molar-refractivity contribution is 7.99. The standard InChI is InChI=1S/C15H25NO2S2/c1-4-9-16-13(2)14-7-5-8-15(12-14)19-10-6-11-20(3,17)18/h5,7-8,12-13,16H,4,6,9-11H2,1-3H3. The van der Waals surface area contributed by atoms with Crippen molar-refractivity contribution in [3.05, 3.63) is 29.8 Å². The average Bonchev–Trinajstić information content (AvgIpc) is 2.40. The van der Waals surface area contributed by atoms with E-state index in [2.05, 4.69) is 43.4 Å². The van der Waals surface area contributed by atoms with Gasteiger partial charge >= 0.3 is 0 Å². The summed E-state index contributed by atoms with van der Waals surface area (Å²) in [5, 5.41) is 3.47. The van der Waals surface area contributed by atoms with Crippen molar-refractivity contribution in [1.29, 1.82) is 0 Å². The fourth-order valence-corrected chi connectivity index (χ4v) is 3.63. The molecular formula is C15H25NO2S2. The Morgan fingerprint density at radius 3 is 2.75 bits per heavy atom. The SMILES string of the molecule is CCCNC(C)c1cccc(SCCCS(C)(=O)=O)c1. The van der Waals surface area contributed by atoms with Crippen molar-refractivity contribution in [2.75, 3.05) is 24.3 Å². The Bertz CT molecular complexity index is 500. The summed E-state index contributed by atoms with van der Waals surface area (Å²) in [4.78, 5) is 1.21. The highest BCUT2D eigenvalue weighted by Gasteiger charge is 2.06. The van der Waals surface area contributed by atoms with Crippen LogP contribution in [0.1, 0.15) is 38.3 Å². The van der Waals surface area contributed by atoms with Crippen LogP contribution in [0.5, 0.6) is 0 Å². The summed E-state index contributed by atoms with van der Waals surface area (Å²) in [6, 6.07) is 8.83. The summed E-state index contributed by atoms with van der Waals surface area (Å²) in [5.74, 6) is 1.11. The van der Waals surface area contributed by atoms with Crippen molar-refractivity contribution >= 4 is 21.6 Å². The molecule has 0 heterocycles. The second-order valence-corrected chi connectivity index (χ2v) is 8.51. The number of hydrogen-bond acceptors (Lipinski definition) is 4. The van der Waals surface area contributed by atoms with Gasteiger partial charge in [0.05, 0.1) is 5.75 Å². The van der Waals surface area contributed by atoms with Gasteiger partial charge in [-0.1, -0.05) is 19.1 Å². The first-order chi connectivity index (χ1) is 9.42. The molecule has 1 rings (SSSR count). The highest BCUT2D eigenvalue weighted by atomic mass is 32.2. The fraction of sp³-hybridized carbons (Fsp3) is 0.600. The van der Waals surface area contributed by atoms with Gasteiger partial charge in [0, 0.05) is 17.2 Å². The molecule has 1 N–H and O–H groups in total. The summed E-state index contributed by atoms with van der Waals surface area (Å²) in [7, 11) is -2.83. The maximum absolute atomic E-state index is 11.1. The van der Waals surface area contributed by atoms with Crippen molar-refractivity contribution < 1.29 is 8.42 Å². The molecule has 0 spiro atoms. The number of rotatable bonds is 9. The minimum atomic E-state index is -2.83. The summed E-state index contributed by atoms with van der Waals surface area (Å²) < 4.78 is 22.1. The lowest BCUT2D eigenvalue weighted by Gasteiger charge is -2.14. The van der Waals surface area contributed by atoms with E-state index in [0.717, 1.165) is 18.7 Å². The topological polar surface area (TPSA) is 46.2 Å². The van der Waals surface area contributed by atoms with Crippen LogP contribution in [0.25, 0.3) is 0 Å². The van der Waals surface area contributed by atoms with Crippen LogP contribution in [0.2, 0.25) is 0 Å². The molecule has 0 aliphatic carbocycles. The molecule has 20 heavy (non-hydrogen) atoms. The summed E-state index contributed by atoms with van der Waals surface area (Å²) in [5.41, 5.74) is 1.28. The van der Waals surface area contributed by atoms with Crippen LogP contribution < -0.4 is 5.32 Å². The van der Waals surface area contributed by atoms with E-state index in [1.54, 1.807) is 11.8 Å². The van der Waals surface area contributed by atoms with Crippen molar-refractivity contribution in [2.45, 2.75) is 37.6 Å². The Hall–Kier alpha value is -0.520. The van der Waals surface area contributed by atoms with E-state index in [1.165, 1.54) is 16.7 Å². The largest absolute Gasteiger partial charge is 0.310 e. The summed E-state index contributed by atoms with van der Waals surface area (Å²) >= 11 is 1.72. The van der Waals surface area contributed by atoms with Crippen molar-refractivity contribution in [2.24, 2.45) is 0 Å². The van der Waals surface area contributed by atoms with Gasteiger partial charge < -0.3 is 5.32 Å². The molecule has 1 atom stereocenters. The van der Waals surface area contributed by atoms with Crippen LogP contribution in [0.15, 0.2) is 29.2 Å². The molecule has 0 aliphatic rings. The lowest BCUT2D eigenvalue weighted by atomic mass is 10.1. The Labute approximate surface area is 127 Å². The Balaban J connectivity index is 2.47. The van der Waals surface area contributed by atoms with Gasteiger partial charge in [0.2, 0.25) is 0 Å². The zero-order valence-electron chi connectivity index (χ0n) is 12.6. The lowest BCUT2D eigenvalue weighted by molar-refractivity contribution is 0.570. The first kappa shape index (κ1) is 17.5. The van der Waals surface area contributed by atoms with Crippen molar-refractivity contribution in [1.82, 2.24) is 5.32 Å². The highest BCUT2D eigenvalue weighted by Crippen LogP contribution is 2.23. The smallest absolute Gasteiger partial charge is 0.147 e. The molecule has 0 amide bonds. The first-order valence-electron chi connectivity index (χ1n) is 7.06. The summed E-state index contributed by atoms with van der Waals surface area (Å²) in [6.45, 7) is 5.35. The predicted octanol–water partition coefficient (Wildman–Crippen LogP) is 3.27. The number of sulfone groups is 1. The van der Waals surface area contributed by atoms with E-state index in [0.29, 0.717) is 12.5 Å². The first-order valence-corrected chi connectivity index (χ1v) is 10.1. The molecule has 5 heteroatoms. The normalized spacial score (nSPS) is 13.3. The van der Waals surface area contributed by atoms with Gasteiger partial charge in [-0.2, -0.15) is 0 Å². The molecule has 3 nitrogen and oxygen atoms in total. The quantitative estimate of drug-likeness (QED) is 0.561. The van der Waals surface area contributed by atoms with Gasteiger partial charge in [-0.25, -0.2) is 8.42 Å². The average molecular weight is 316 g/mol. The molecule has 0 bridgehead atoms. The zero-order chi connectivity index (χ0) is 15.0. The third-order valence-electron chi connectivity index (χ3n) is 2.99. The molecule has 0 saturated heterocycles. The fourth-order valence-electron chi connectivity index (χ4n) is 1.86.